The molecule has 3 rings (SSSR count). The number of hydrogen-bond donors (Lipinski definition) is 0. The third-order valence-electron chi connectivity index (χ3n) is 3.96. The van der Waals surface area contributed by atoms with Crippen molar-refractivity contribution >= 4 is 5.91 Å². The summed E-state index contributed by atoms with van der Waals surface area (Å²) < 4.78 is 0. The van der Waals surface area contributed by atoms with E-state index in [4.69, 9.17) is 4.98 Å². The van der Waals surface area contributed by atoms with E-state index in [1.165, 1.54) is 0 Å². The first kappa shape index (κ1) is 15.6. The minimum Gasteiger partial charge on any atom is -0.330 e. The van der Waals surface area contributed by atoms with E-state index in [2.05, 4.69) is 14.9 Å². The first-order chi connectivity index (χ1) is 11.1. The monoisotopic (exact) mass is 311 g/mol. The third-order valence-corrected chi connectivity index (χ3v) is 3.96. The SMILES string of the molecule is CN(C)Cc1cncc([C@@H]2CCCN2C(=O)c2ccncc2)n1. The first-order valence-electron chi connectivity index (χ1n) is 7.81. The van der Waals surface area contributed by atoms with E-state index >= 15 is 0 Å². The van der Waals surface area contributed by atoms with E-state index in [0.717, 1.165) is 37.3 Å². The Morgan fingerprint density at radius 3 is 2.78 bits per heavy atom. The van der Waals surface area contributed by atoms with Crippen molar-refractivity contribution in [1.82, 2.24) is 24.8 Å². The second-order valence-electron chi connectivity index (χ2n) is 6.07. The van der Waals surface area contributed by atoms with Crippen LogP contribution in [0.4, 0.5) is 0 Å². The van der Waals surface area contributed by atoms with Crippen LogP contribution in [0.3, 0.4) is 0 Å². The number of aromatic nitrogens is 3. The molecule has 1 aliphatic heterocycles. The summed E-state index contributed by atoms with van der Waals surface area (Å²) in [5, 5.41) is 0. The molecule has 1 aliphatic rings. The Kier molecular flexibility index (Phi) is 4.62. The standard InChI is InChI=1S/C17H21N5O/c1-21(2)12-14-10-19-11-15(20-14)16-4-3-9-22(16)17(23)13-5-7-18-8-6-13/h5-8,10-11,16H,3-4,9,12H2,1-2H3/t16-/m0/s1. The summed E-state index contributed by atoms with van der Waals surface area (Å²) in [6.45, 7) is 1.50. The smallest absolute Gasteiger partial charge is 0.254 e. The van der Waals surface area contributed by atoms with Crippen LogP contribution < -0.4 is 0 Å². The molecule has 1 saturated heterocycles. The summed E-state index contributed by atoms with van der Waals surface area (Å²) in [7, 11) is 4.01. The average Bonchev–Trinajstić information content (AvgIpc) is 3.04. The molecule has 0 aromatic carbocycles. The van der Waals surface area contributed by atoms with Crippen LogP contribution in [0, 0.1) is 0 Å². The lowest BCUT2D eigenvalue weighted by Gasteiger charge is -2.24. The van der Waals surface area contributed by atoms with Crippen LogP contribution in [0.5, 0.6) is 0 Å². The Morgan fingerprint density at radius 2 is 2.04 bits per heavy atom. The predicted molar refractivity (Wildman–Crippen MR) is 86.7 cm³/mol. The zero-order chi connectivity index (χ0) is 16.2. The molecule has 3 heterocycles. The van der Waals surface area contributed by atoms with Crippen LogP contribution >= 0.6 is 0 Å². The van der Waals surface area contributed by atoms with Gasteiger partial charge in [0.05, 0.1) is 23.6 Å². The minimum absolute atomic E-state index is 0.00489. The molecule has 2 aromatic heterocycles. The Morgan fingerprint density at radius 1 is 1.26 bits per heavy atom. The molecule has 0 aliphatic carbocycles. The molecular weight excluding hydrogens is 290 g/mol. The van der Waals surface area contributed by atoms with E-state index < -0.39 is 0 Å². The molecule has 0 bridgehead atoms. The van der Waals surface area contributed by atoms with Gasteiger partial charge in [0.15, 0.2) is 0 Å². The number of likely N-dealkylation sites (tertiary alicyclic amines) is 1. The fourth-order valence-corrected chi connectivity index (χ4v) is 2.96. The summed E-state index contributed by atoms with van der Waals surface area (Å²) in [6.07, 6.45) is 8.78. The zero-order valence-electron chi connectivity index (χ0n) is 13.5. The Balaban J connectivity index is 1.83. The number of rotatable bonds is 4. The Bertz CT molecular complexity index is 674. The molecule has 0 unspecified atom stereocenters. The van der Waals surface area contributed by atoms with Gasteiger partial charge in [0.1, 0.15) is 0 Å². The van der Waals surface area contributed by atoms with Crippen LogP contribution in [0.1, 0.15) is 40.6 Å². The van der Waals surface area contributed by atoms with Crippen molar-refractivity contribution < 1.29 is 4.79 Å². The highest BCUT2D eigenvalue weighted by atomic mass is 16.2. The summed E-state index contributed by atoms with van der Waals surface area (Å²) in [5.41, 5.74) is 2.48. The van der Waals surface area contributed by atoms with Crippen LogP contribution in [-0.2, 0) is 6.54 Å². The lowest BCUT2D eigenvalue weighted by atomic mass is 10.1. The fraction of sp³-hybridized carbons (Fsp3) is 0.412. The number of amides is 1. The Hall–Kier alpha value is -2.34. The van der Waals surface area contributed by atoms with Crippen LogP contribution in [0.15, 0.2) is 36.9 Å². The van der Waals surface area contributed by atoms with Crippen molar-refractivity contribution in [2.24, 2.45) is 0 Å². The molecule has 0 N–H and O–H groups in total. The normalized spacial score (nSPS) is 17.7. The van der Waals surface area contributed by atoms with Crippen LogP contribution in [0.2, 0.25) is 0 Å². The quantitative estimate of drug-likeness (QED) is 0.863. The molecule has 6 heteroatoms. The molecule has 2 aromatic rings. The molecule has 1 atom stereocenters. The van der Waals surface area contributed by atoms with E-state index in [9.17, 15) is 4.79 Å². The molecule has 0 spiro atoms. The van der Waals surface area contributed by atoms with Gasteiger partial charge in [-0.15, -0.1) is 0 Å². The third kappa shape index (κ3) is 3.53. The van der Waals surface area contributed by atoms with Crippen LogP contribution in [0.25, 0.3) is 0 Å². The highest BCUT2D eigenvalue weighted by Gasteiger charge is 2.31. The van der Waals surface area contributed by atoms with Crippen molar-refractivity contribution in [3.63, 3.8) is 0 Å². The van der Waals surface area contributed by atoms with E-state index in [-0.39, 0.29) is 11.9 Å². The first-order valence-corrected chi connectivity index (χ1v) is 7.81. The molecule has 6 nitrogen and oxygen atoms in total. The number of carbonyl (C=O) groups excluding carboxylic acids is 1. The van der Waals surface area contributed by atoms with Crippen molar-refractivity contribution in [2.75, 3.05) is 20.6 Å². The van der Waals surface area contributed by atoms with Crippen molar-refractivity contribution in [3.05, 3.63) is 53.9 Å². The highest BCUT2D eigenvalue weighted by Crippen LogP contribution is 2.31. The zero-order valence-corrected chi connectivity index (χ0v) is 13.5. The van der Waals surface area contributed by atoms with Gasteiger partial charge in [-0.3, -0.25) is 19.7 Å². The number of hydrogen-bond acceptors (Lipinski definition) is 5. The number of carbonyl (C=O) groups is 1. The maximum absolute atomic E-state index is 12.7. The van der Waals surface area contributed by atoms with Gasteiger partial charge in [-0.05, 0) is 39.1 Å². The van der Waals surface area contributed by atoms with Gasteiger partial charge in [0.25, 0.3) is 5.91 Å². The summed E-state index contributed by atoms with van der Waals surface area (Å²) in [5.74, 6) is 0.0368. The van der Waals surface area contributed by atoms with Gasteiger partial charge in [-0.2, -0.15) is 0 Å². The largest absolute Gasteiger partial charge is 0.330 e. The number of nitrogens with zero attached hydrogens (tertiary/aromatic N) is 5. The lowest BCUT2D eigenvalue weighted by molar-refractivity contribution is 0.0732. The predicted octanol–water partition coefficient (Wildman–Crippen LogP) is 1.91. The molecule has 1 fully saturated rings. The van der Waals surface area contributed by atoms with E-state index in [1.807, 2.05) is 19.0 Å². The summed E-state index contributed by atoms with van der Waals surface area (Å²) in [4.78, 5) is 29.7. The van der Waals surface area contributed by atoms with Crippen LogP contribution in [-0.4, -0.2) is 51.3 Å². The molecular formula is C17H21N5O. The van der Waals surface area contributed by atoms with Crippen molar-refractivity contribution in [2.45, 2.75) is 25.4 Å². The fourth-order valence-electron chi connectivity index (χ4n) is 2.96. The van der Waals surface area contributed by atoms with Crippen molar-refractivity contribution in [1.29, 1.82) is 0 Å². The molecule has 1 amide bonds. The van der Waals surface area contributed by atoms with Gasteiger partial charge in [-0.1, -0.05) is 0 Å². The number of pyridine rings is 1. The van der Waals surface area contributed by atoms with Gasteiger partial charge in [0.2, 0.25) is 0 Å². The van der Waals surface area contributed by atoms with Gasteiger partial charge in [-0.25, -0.2) is 0 Å². The second-order valence-corrected chi connectivity index (χ2v) is 6.07. The highest BCUT2D eigenvalue weighted by molar-refractivity contribution is 5.94. The summed E-state index contributed by atoms with van der Waals surface area (Å²) >= 11 is 0. The van der Waals surface area contributed by atoms with E-state index in [1.54, 1.807) is 36.9 Å². The van der Waals surface area contributed by atoms with E-state index in [0.29, 0.717) is 5.56 Å². The lowest BCUT2D eigenvalue weighted by Crippen LogP contribution is -2.31. The maximum atomic E-state index is 12.7. The van der Waals surface area contributed by atoms with Gasteiger partial charge < -0.3 is 9.80 Å². The van der Waals surface area contributed by atoms with Gasteiger partial charge >= 0.3 is 0 Å². The molecule has 120 valence electrons. The topological polar surface area (TPSA) is 62.2 Å². The average molecular weight is 311 g/mol. The van der Waals surface area contributed by atoms with Gasteiger partial charge in [0, 0.05) is 37.2 Å². The molecule has 23 heavy (non-hydrogen) atoms. The molecule has 0 radical (unpaired) electrons. The molecule has 0 saturated carbocycles. The minimum atomic E-state index is 0.00489. The second kappa shape index (κ2) is 6.83. The Labute approximate surface area is 136 Å². The van der Waals surface area contributed by atoms with Crippen molar-refractivity contribution in [3.8, 4) is 0 Å². The summed E-state index contributed by atoms with van der Waals surface area (Å²) in [6, 6.07) is 3.52. The maximum Gasteiger partial charge on any atom is 0.254 e.